The first-order chi connectivity index (χ1) is 7.60. The van der Waals surface area contributed by atoms with E-state index < -0.39 is 17.2 Å². The number of carbonyl (C=O) groups is 1. The zero-order valence-corrected chi connectivity index (χ0v) is 8.35. The van der Waals surface area contributed by atoms with E-state index in [-0.39, 0.29) is 23.5 Å². The second-order valence-electron chi connectivity index (χ2n) is 4.25. The zero-order valence-electron chi connectivity index (χ0n) is 8.35. The van der Waals surface area contributed by atoms with Gasteiger partial charge in [0.15, 0.2) is 17.3 Å². The highest BCUT2D eigenvalue weighted by atomic mass is 19.1. The topological polar surface area (TPSA) is 38.3 Å². The Morgan fingerprint density at radius 2 is 2.06 bits per heavy atom. The molecule has 0 radical (unpaired) electrons. The fraction of sp³-hybridized carbons (Fsp3) is 0.364. The molecule has 84 valence electrons. The van der Waals surface area contributed by atoms with E-state index in [4.69, 9.17) is 4.74 Å². The van der Waals surface area contributed by atoms with E-state index in [1.165, 1.54) is 0 Å². The van der Waals surface area contributed by atoms with Crippen molar-refractivity contribution in [1.29, 1.82) is 0 Å². The van der Waals surface area contributed by atoms with Crippen molar-refractivity contribution in [3.63, 3.8) is 0 Å². The highest BCUT2D eigenvalue weighted by molar-refractivity contribution is 6.00. The number of nitrogens with one attached hydrogen (secondary N) is 1. The van der Waals surface area contributed by atoms with Crippen molar-refractivity contribution in [3.05, 3.63) is 29.3 Å². The minimum Gasteiger partial charge on any atom is -0.480 e. The number of carbonyl (C=O) groups excluding carboxylic acids is 1. The molecule has 0 bridgehead atoms. The molecule has 1 spiro atoms. The van der Waals surface area contributed by atoms with E-state index in [1.807, 2.05) is 0 Å². The largest absolute Gasteiger partial charge is 0.480 e. The number of hydrogen-bond acceptors (Lipinski definition) is 3. The summed E-state index contributed by atoms with van der Waals surface area (Å²) in [6, 6.07) is 1.76. The molecule has 2 aliphatic rings. The second kappa shape index (κ2) is 3.01. The minimum absolute atomic E-state index is 0.00928. The van der Waals surface area contributed by atoms with Crippen LogP contribution in [0.15, 0.2) is 12.1 Å². The zero-order chi connectivity index (χ0) is 11.3. The lowest BCUT2D eigenvalue weighted by Gasteiger charge is -2.44. The van der Waals surface area contributed by atoms with Crippen molar-refractivity contribution >= 4 is 5.78 Å². The van der Waals surface area contributed by atoms with E-state index in [0.717, 1.165) is 12.1 Å². The Hall–Kier alpha value is -1.49. The fourth-order valence-electron chi connectivity index (χ4n) is 2.11. The molecule has 1 aromatic rings. The monoisotopic (exact) mass is 225 g/mol. The molecule has 3 rings (SSSR count). The molecule has 0 saturated carbocycles. The van der Waals surface area contributed by atoms with Crippen LogP contribution in [0.2, 0.25) is 0 Å². The summed E-state index contributed by atoms with van der Waals surface area (Å²) < 4.78 is 31.9. The van der Waals surface area contributed by atoms with Crippen LogP contribution in [0.3, 0.4) is 0 Å². The molecule has 1 N–H and O–H groups in total. The molecule has 0 aromatic heterocycles. The standard InChI is InChI=1S/C11H9F2NO2/c12-6-1-7-9(15)3-11(4-14-5-11)16-10(7)8(13)2-6/h1-2,14H,3-5H2. The maximum Gasteiger partial charge on any atom is 0.170 e. The van der Waals surface area contributed by atoms with Gasteiger partial charge in [0.25, 0.3) is 0 Å². The van der Waals surface area contributed by atoms with Gasteiger partial charge in [-0.05, 0) is 6.07 Å². The highest BCUT2D eigenvalue weighted by Gasteiger charge is 2.46. The van der Waals surface area contributed by atoms with Gasteiger partial charge in [0.2, 0.25) is 0 Å². The molecular formula is C11H9F2NO2. The molecule has 5 heteroatoms. The average Bonchev–Trinajstić information content (AvgIpc) is 2.17. The third-order valence-corrected chi connectivity index (χ3v) is 3.00. The van der Waals surface area contributed by atoms with Crippen LogP contribution in [0, 0.1) is 11.6 Å². The molecule has 16 heavy (non-hydrogen) atoms. The van der Waals surface area contributed by atoms with Gasteiger partial charge in [0, 0.05) is 19.2 Å². The highest BCUT2D eigenvalue weighted by Crippen LogP contribution is 2.37. The predicted octanol–water partition coefficient (Wildman–Crippen LogP) is 1.27. The molecule has 1 fully saturated rings. The van der Waals surface area contributed by atoms with E-state index in [9.17, 15) is 13.6 Å². The summed E-state index contributed by atoms with van der Waals surface area (Å²) in [4.78, 5) is 11.8. The number of ether oxygens (including phenoxy) is 1. The normalized spacial score (nSPS) is 21.2. The Balaban J connectivity index is 2.11. The number of rotatable bonds is 0. The van der Waals surface area contributed by atoms with Gasteiger partial charge in [-0.1, -0.05) is 0 Å². The smallest absolute Gasteiger partial charge is 0.170 e. The van der Waals surface area contributed by atoms with Crippen molar-refractivity contribution in [1.82, 2.24) is 5.32 Å². The van der Waals surface area contributed by atoms with Gasteiger partial charge in [0.1, 0.15) is 11.4 Å². The molecule has 0 aliphatic carbocycles. The van der Waals surface area contributed by atoms with E-state index >= 15 is 0 Å². The van der Waals surface area contributed by atoms with Gasteiger partial charge in [-0.25, -0.2) is 8.78 Å². The van der Waals surface area contributed by atoms with Crippen molar-refractivity contribution in [2.75, 3.05) is 13.1 Å². The van der Waals surface area contributed by atoms with Gasteiger partial charge in [-0.2, -0.15) is 0 Å². The van der Waals surface area contributed by atoms with E-state index in [0.29, 0.717) is 13.1 Å². The Morgan fingerprint density at radius 1 is 1.31 bits per heavy atom. The third-order valence-electron chi connectivity index (χ3n) is 3.00. The molecule has 1 saturated heterocycles. The second-order valence-corrected chi connectivity index (χ2v) is 4.25. The molecular weight excluding hydrogens is 216 g/mol. The van der Waals surface area contributed by atoms with Gasteiger partial charge >= 0.3 is 0 Å². The van der Waals surface area contributed by atoms with Crippen LogP contribution in [0.25, 0.3) is 0 Å². The lowest BCUT2D eigenvalue weighted by Crippen LogP contribution is -2.65. The number of hydrogen-bond donors (Lipinski definition) is 1. The predicted molar refractivity (Wildman–Crippen MR) is 51.5 cm³/mol. The van der Waals surface area contributed by atoms with Crippen LogP contribution in [0.5, 0.6) is 5.75 Å². The molecule has 0 unspecified atom stereocenters. The first kappa shape index (κ1) is 9.72. The summed E-state index contributed by atoms with van der Waals surface area (Å²) >= 11 is 0. The lowest BCUT2D eigenvalue weighted by molar-refractivity contribution is -0.000821. The van der Waals surface area contributed by atoms with Crippen molar-refractivity contribution in [2.45, 2.75) is 12.0 Å². The number of Topliss-reactive ketones (excluding diaryl/α,β-unsaturated/α-hetero) is 1. The summed E-state index contributed by atoms with van der Waals surface area (Å²) in [6.07, 6.45) is 0.176. The minimum atomic E-state index is -0.811. The summed E-state index contributed by atoms with van der Waals surface area (Å²) in [7, 11) is 0. The van der Waals surface area contributed by atoms with Crippen LogP contribution in [0.4, 0.5) is 8.78 Å². The first-order valence-corrected chi connectivity index (χ1v) is 5.02. The summed E-state index contributed by atoms with van der Waals surface area (Å²) in [5.74, 6) is -1.94. The first-order valence-electron chi connectivity index (χ1n) is 5.02. The maximum absolute atomic E-state index is 13.5. The van der Waals surface area contributed by atoms with Crippen molar-refractivity contribution in [2.24, 2.45) is 0 Å². The molecule has 2 aliphatic heterocycles. The molecule has 3 nitrogen and oxygen atoms in total. The third kappa shape index (κ3) is 1.24. The Kier molecular flexibility index (Phi) is 1.83. The number of benzene rings is 1. The number of halogens is 2. The Labute approximate surface area is 90.4 Å². The molecule has 0 atom stereocenters. The van der Waals surface area contributed by atoms with Crippen molar-refractivity contribution < 1.29 is 18.3 Å². The summed E-state index contributed by atoms with van der Waals surface area (Å²) in [6.45, 7) is 1.05. The molecule has 2 heterocycles. The summed E-state index contributed by atoms with van der Waals surface area (Å²) in [5, 5.41) is 2.98. The van der Waals surface area contributed by atoms with Gasteiger partial charge in [-0.3, -0.25) is 4.79 Å². The van der Waals surface area contributed by atoms with Crippen LogP contribution >= 0.6 is 0 Å². The van der Waals surface area contributed by atoms with Gasteiger partial charge in [0.05, 0.1) is 12.0 Å². The van der Waals surface area contributed by atoms with Crippen LogP contribution in [-0.2, 0) is 0 Å². The quantitative estimate of drug-likeness (QED) is 0.722. The molecule has 0 amide bonds. The van der Waals surface area contributed by atoms with Crippen LogP contribution in [-0.4, -0.2) is 24.5 Å². The van der Waals surface area contributed by atoms with Crippen LogP contribution < -0.4 is 10.1 Å². The number of fused-ring (bicyclic) bond motifs is 1. The SMILES string of the molecule is O=C1CC2(CNC2)Oc2c(F)cc(F)cc21. The lowest BCUT2D eigenvalue weighted by atomic mass is 9.85. The maximum atomic E-state index is 13.5. The Bertz CT molecular complexity index is 483. The fourth-order valence-corrected chi connectivity index (χ4v) is 2.11. The molecule has 1 aromatic carbocycles. The number of ketones is 1. The summed E-state index contributed by atoms with van der Waals surface area (Å²) in [5.41, 5.74) is -0.613. The van der Waals surface area contributed by atoms with E-state index in [1.54, 1.807) is 0 Å². The van der Waals surface area contributed by atoms with Gasteiger partial charge < -0.3 is 10.1 Å². The Morgan fingerprint density at radius 3 is 2.69 bits per heavy atom. The van der Waals surface area contributed by atoms with Crippen molar-refractivity contribution in [3.8, 4) is 5.75 Å². The van der Waals surface area contributed by atoms with Crippen LogP contribution in [0.1, 0.15) is 16.8 Å². The van der Waals surface area contributed by atoms with Gasteiger partial charge in [-0.15, -0.1) is 0 Å². The average molecular weight is 225 g/mol. The van der Waals surface area contributed by atoms with E-state index in [2.05, 4.69) is 5.32 Å².